The molecule has 2 aromatic carbocycles. The third-order valence-electron chi connectivity index (χ3n) is 4.44. The highest BCUT2D eigenvalue weighted by Gasteiger charge is 2.22. The van der Waals surface area contributed by atoms with Gasteiger partial charge in [0.05, 0.1) is 19.4 Å². The van der Waals surface area contributed by atoms with Gasteiger partial charge in [-0.2, -0.15) is 0 Å². The summed E-state index contributed by atoms with van der Waals surface area (Å²) in [6.07, 6.45) is 3.31. The summed E-state index contributed by atoms with van der Waals surface area (Å²) in [6, 6.07) is 8.82. The summed E-state index contributed by atoms with van der Waals surface area (Å²) < 4.78 is 21.9. The van der Waals surface area contributed by atoms with Crippen LogP contribution in [0.25, 0.3) is 6.08 Å². The van der Waals surface area contributed by atoms with Crippen molar-refractivity contribution >= 4 is 17.5 Å². The average Bonchev–Trinajstić information content (AvgIpc) is 3.17. The minimum absolute atomic E-state index is 0.0729. The number of hydrogen-bond donors (Lipinski definition) is 1. The maximum Gasteiger partial charge on any atom is 0.231 e. The minimum atomic E-state index is -0.0729. The number of anilines is 1. The Balaban J connectivity index is 1.98. The molecule has 6 heteroatoms. The van der Waals surface area contributed by atoms with E-state index in [-0.39, 0.29) is 12.6 Å². The van der Waals surface area contributed by atoms with Crippen LogP contribution in [0.3, 0.4) is 0 Å². The van der Waals surface area contributed by atoms with Crippen LogP contribution in [0.5, 0.6) is 23.0 Å². The monoisotopic (exact) mass is 383 g/mol. The molecule has 0 saturated carbocycles. The van der Waals surface area contributed by atoms with Gasteiger partial charge in [-0.1, -0.05) is 13.3 Å². The van der Waals surface area contributed by atoms with Gasteiger partial charge < -0.3 is 24.7 Å². The van der Waals surface area contributed by atoms with Gasteiger partial charge in [-0.3, -0.25) is 4.79 Å². The molecule has 0 aliphatic carbocycles. The van der Waals surface area contributed by atoms with Crippen molar-refractivity contribution in [3.8, 4) is 23.0 Å². The van der Waals surface area contributed by atoms with Crippen molar-refractivity contribution in [2.24, 2.45) is 0 Å². The number of methoxy groups -OCH3 is 1. The van der Waals surface area contributed by atoms with E-state index in [0.717, 1.165) is 12.0 Å². The summed E-state index contributed by atoms with van der Waals surface area (Å²) in [7, 11) is 1.57. The molecule has 1 aliphatic heterocycles. The van der Waals surface area contributed by atoms with E-state index in [4.69, 9.17) is 24.7 Å². The number of ketones is 1. The number of fused-ring (bicyclic) bond motifs is 1. The predicted molar refractivity (Wildman–Crippen MR) is 108 cm³/mol. The first-order valence-corrected chi connectivity index (χ1v) is 9.33. The molecule has 1 aliphatic rings. The highest BCUT2D eigenvalue weighted by atomic mass is 16.7. The Morgan fingerprint density at radius 2 is 2.04 bits per heavy atom. The number of Topliss-reactive ketones (excluding diaryl/α,β-unsaturated/α-hetero) is 1. The van der Waals surface area contributed by atoms with Crippen LogP contribution in [0.15, 0.2) is 35.9 Å². The van der Waals surface area contributed by atoms with Gasteiger partial charge in [0.25, 0.3) is 0 Å². The molecule has 3 rings (SSSR count). The van der Waals surface area contributed by atoms with Gasteiger partial charge >= 0.3 is 0 Å². The fourth-order valence-corrected chi connectivity index (χ4v) is 3.16. The number of carbonyl (C=O) groups is 1. The van der Waals surface area contributed by atoms with E-state index in [1.807, 2.05) is 32.1 Å². The zero-order valence-corrected chi connectivity index (χ0v) is 16.4. The molecule has 0 spiro atoms. The van der Waals surface area contributed by atoms with E-state index in [1.165, 1.54) is 0 Å². The first-order valence-electron chi connectivity index (χ1n) is 9.33. The Labute approximate surface area is 164 Å². The van der Waals surface area contributed by atoms with Crippen molar-refractivity contribution < 1.29 is 23.7 Å². The summed E-state index contributed by atoms with van der Waals surface area (Å²) in [5.41, 5.74) is 8.44. The van der Waals surface area contributed by atoms with Crippen LogP contribution in [-0.4, -0.2) is 26.3 Å². The molecule has 1 heterocycles. The molecule has 0 unspecified atom stereocenters. The lowest BCUT2D eigenvalue weighted by Gasteiger charge is -2.12. The van der Waals surface area contributed by atoms with Crippen LogP contribution in [0.4, 0.5) is 5.69 Å². The summed E-state index contributed by atoms with van der Waals surface area (Å²) in [4.78, 5) is 13.1. The van der Waals surface area contributed by atoms with Gasteiger partial charge in [0, 0.05) is 16.7 Å². The molecule has 28 heavy (non-hydrogen) atoms. The van der Waals surface area contributed by atoms with Crippen LogP contribution < -0.4 is 24.7 Å². The van der Waals surface area contributed by atoms with Gasteiger partial charge in [0.2, 0.25) is 12.5 Å². The fraction of sp³-hybridized carbons (Fsp3) is 0.318. The van der Waals surface area contributed by atoms with Crippen molar-refractivity contribution in [2.75, 3.05) is 26.2 Å². The Bertz CT molecular complexity index is 904. The number of allylic oxidation sites excluding steroid dienone is 1. The summed E-state index contributed by atoms with van der Waals surface area (Å²) in [6.45, 7) is 4.59. The number of rotatable bonds is 8. The highest BCUT2D eigenvalue weighted by molar-refractivity contribution is 6.12. The Hall–Kier alpha value is -3.15. The molecule has 0 saturated heterocycles. The molecular weight excluding hydrogens is 358 g/mol. The number of nitrogens with two attached hydrogens (primary N) is 1. The number of benzene rings is 2. The van der Waals surface area contributed by atoms with Crippen molar-refractivity contribution in [1.82, 2.24) is 0 Å². The number of ether oxygens (including phenoxy) is 4. The van der Waals surface area contributed by atoms with Crippen LogP contribution in [-0.2, 0) is 0 Å². The maximum absolute atomic E-state index is 13.1. The zero-order chi connectivity index (χ0) is 20.1. The maximum atomic E-state index is 13.1. The van der Waals surface area contributed by atoms with E-state index < -0.39 is 0 Å². The molecule has 0 aromatic heterocycles. The predicted octanol–water partition coefficient (Wildman–Crippen LogP) is 4.47. The molecule has 2 aromatic rings. The molecule has 0 fully saturated rings. The number of carbonyl (C=O) groups excluding carboxylic acids is 1. The van der Waals surface area contributed by atoms with Gasteiger partial charge in [0.15, 0.2) is 17.3 Å². The lowest BCUT2D eigenvalue weighted by atomic mass is 9.96. The molecule has 2 N–H and O–H groups in total. The molecule has 0 radical (unpaired) electrons. The standard InChI is InChI=1S/C22H25NO5/c1-4-6-14(20(24)15-7-9-18(26-5-2)17(23)12-15)11-16-8-10-19-22(21(16)25-3)28-13-27-19/h7-12H,4-6,13,23H2,1-3H3. The van der Waals surface area contributed by atoms with Crippen LogP contribution in [0.1, 0.15) is 42.6 Å². The average molecular weight is 383 g/mol. The van der Waals surface area contributed by atoms with Crippen molar-refractivity contribution in [2.45, 2.75) is 26.7 Å². The smallest absolute Gasteiger partial charge is 0.231 e. The Morgan fingerprint density at radius 3 is 2.71 bits per heavy atom. The van der Waals surface area contributed by atoms with Gasteiger partial charge in [-0.15, -0.1) is 0 Å². The number of nitrogen functional groups attached to an aromatic ring is 1. The lowest BCUT2D eigenvalue weighted by molar-refractivity contribution is 0.103. The largest absolute Gasteiger partial charge is 0.492 e. The third-order valence-corrected chi connectivity index (χ3v) is 4.44. The molecule has 6 nitrogen and oxygen atoms in total. The van der Waals surface area contributed by atoms with Gasteiger partial charge in [0.1, 0.15) is 5.75 Å². The molecule has 148 valence electrons. The Kier molecular flexibility index (Phi) is 6.09. The first kappa shape index (κ1) is 19.6. The van der Waals surface area contributed by atoms with E-state index in [9.17, 15) is 4.79 Å². The number of hydrogen-bond acceptors (Lipinski definition) is 6. The SMILES string of the molecule is CCCC(=Cc1ccc2c(c1OC)OCO2)C(=O)c1ccc(OCC)c(N)c1. The van der Waals surface area contributed by atoms with E-state index >= 15 is 0 Å². The second-order valence-electron chi connectivity index (χ2n) is 6.36. The molecule has 0 bridgehead atoms. The summed E-state index contributed by atoms with van der Waals surface area (Å²) in [5, 5.41) is 0. The van der Waals surface area contributed by atoms with Crippen molar-refractivity contribution in [1.29, 1.82) is 0 Å². The fourth-order valence-electron chi connectivity index (χ4n) is 3.16. The normalized spacial score (nSPS) is 12.8. The molecule has 0 atom stereocenters. The molecular formula is C22H25NO5. The summed E-state index contributed by atoms with van der Waals surface area (Å²) in [5.74, 6) is 2.26. The van der Waals surface area contributed by atoms with E-state index in [2.05, 4.69) is 0 Å². The second-order valence-corrected chi connectivity index (χ2v) is 6.36. The first-order chi connectivity index (χ1) is 13.6. The Morgan fingerprint density at radius 1 is 1.21 bits per heavy atom. The van der Waals surface area contributed by atoms with Gasteiger partial charge in [-0.05, 0) is 49.8 Å². The lowest BCUT2D eigenvalue weighted by Crippen LogP contribution is -2.06. The summed E-state index contributed by atoms with van der Waals surface area (Å²) >= 11 is 0. The van der Waals surface area contributed by atoms with Crippen LogP contribution in [0, 0.1) is 0 Å². The van der Waals surface area contributed by atoms with Crippen LogP contribution in [0.2, 0.25) is 0 Å². The second kappa shape index (κ2) is 8.69. The molecule has 0 amide bonds. The quantitative estimate of drug-likeness (QED) is 0.411. The highest BCUT2D eigenvalue weighted by Crippen LogP contribution is 2.44. The van der Waals surface area contributed by atoms with E-state index in [1.54, 1.807) is 25.3 Å². The van der Waals surface area contributed by atoms with Gasteiger partial charge in [-0.25, -0.2) is 0 Å². The topological polar surface area (TPSA) is 80.0 Å². The zero-order valence-electron chi connectivity index (χ0n) is 16.4. The minimum Gasteiger partial charge on any atom is -0.492 e. The third kappa shape index (κ3) is 3.91. The van der Waals surface area contributed by atoms with Crippen molar-refractivity contribution in [3.05, 3.63) is 47.0 Å². The van der Waals surface area contributed by atoms with E-state index in [0.29, 0.717) is 52.8 Å². The van der Waals surface area contributed by atoms with Crippen LogP contribution >= 0.6 is 0 Å². The van der Waals surface area contributed by atoms with Crippen molar-refractivity contribution in [3.63, 3.8) is 0 Å².